The fourth-order valence-corrected chi connectivity index (χ4v) is 1.90. The molecule has 0 unspecified atom stereocenters. The van der Waals surface area contributed by atoms with Crippen LogP contribution in [0, 0.1) is 11.3 Å². The first-order valence-electron chi connectivity index (χ1n) is 6.05. The highest BCUT2D eigenvalue weighted by Gasteiger charge is 2.13. The quantitative estimate of drug-likeness (QED) is 0.568. The van der Waals surface area contributed by atoms with Crippen LogP contribution in [0.1, 0.15) is 36.2 Å². The molecule has 0 saturated carbocycles. The molecule has 0 amide bonds. The SMILES string of the molecule is C=CCN(CCC)c1cc(C#N)ccc1C(C)=O. The Kier molecular flexibility index (Phi) is 5.13. The van der Waals surface area contributed by atoms with Crippen molar-refractivity contribution in [1.82, 2.24) is 0 Å². The van der Waals surface area contributed by atoms with Gasteiger partial charge < -0.3 is 4.90 Å². The van der Waals surface area contributed by atoms with Gasteiger partial charge in [-0.25, -0.2) is 0 Å². The standard InChI is InChI=1S/C15H18N2O/c1-4-8-17(9-5-2)15-10-13(11-16)6-7-14(15)12(3)18/h4,6-7,10H,1,5,8-9H2,2-3H3. The van der Waals surface area contributed by atoms with E-state index in [2.05, 4.69) is 24.5 Å². The second-order valence-corrected chi connectivity index (χ2v) is 4.13. The van der Waals surface area contributed by atoms with Crippen LogP contribution in [0.3, 0.4) is 0 Å². The summed E-state index contributed by atoms with van der Waals surface area (Å²) in [4.78, 5) is 13.7. The maximum atomic E-state index is 11.6. The third kappa shape index (κ3) is 3.21. The van der Waals surface area contributed by atoms with Crippen LogP contribution in [0.15, 0.2) is 30.9 Å². The molecule has 0 saturated heterocycles. The molecule has 0 aliphatic carbocycles. The summed E-state index contributed by atoms with van der Waals surface area (Å²) in [6.07, 6.45) is 2.78. The van der Waals surface area contributed by atoms with Crippen LogP contribution in [0.5, 0.6) is 0 Å². The number of ketones is 1. The third-order valence-corrected chi connectivity index (χ3v) is 2.69. The van der Waals surface area contributed by atoms with E-state index in [0.717, 1.165) is 18.7 Å². The zero-order valence-corrected chi connectivity index (χ0v) is 10.9. The molecule has 3 nitrogen and oxygen atoms in total. The molecule has 18 heavy (non-hydrogen) atoms. The molecule has 0 heterocycles. The van der Waals surface area contributed by atoms with Crippen molar-refractivity contribution < 1.29 is 4.79 Å². The van der Waals surface area contributed by atoms with Gasteiger partial charge in [0.15, 0.2) is 5.78 Å². The van der Waals surface area contributed by atoms with E-state index in [1.165, 1.54) is 0 Å². The van der Waals surface area contributed by atoms with Crippen molar-refractivity contribution in [3.05, 3.63) is 42.0 Å². The molecule has 0 aliphatic heterocycles. The van der Waals surface area contributed by atoms with Gasteiger partial charge in [0.05, 0.1) is 11.6 Å². The molecular formula is C15H18N2O. The Morgan fingerprint density at radius 3 is 2.78 bits per heavy atom. The third-order valence-electron chi connectivity index (χ3n) is 2.69. The highest BCUT2D eigenvalue weighted by Crippen LogP contribution is 2.23. The van der Waals surface area contributed by atoms with Gasteiger partial charge in [-0.1, -0.05) is 13.0 Å². The summed E-state index contributed by atoms with van der Waals surface area (Å²) in [5, 5.41) is 8.96. The van der Waals surface area contributed by atoms with Crippen molar-refractivity contribution in [3.8, 4) is 6.07 Å². The number of hydrogen-bond donors (Lipinski definition) is 0. The summed E-state index contributed by atoms with van der Waals surface area (Å²) in [6, 6.07) is 7.29. The van der Waals surface area contributed by atoms with Gasteiger partial charge >= 0.3 is 0 Å². The molecule has 0 spiro atoms. The molecule has 1 aromatic rings. The average molecular weight is 242 g/mol. The van der Waals surface area contributed by atoms with E-state index in [1.54, 1.807) is 31.2 Å². The summed E-state index contributed by atoms with van der Waals surface area (Å²) in [6.45, 7) is 8.86. The molecule has 0 fully saturated rings. The topological polar surface area (TPSA) is 44.1 Å². The second kappa shape index (κ2) is 6.61. The maximum absolute atomic E-state index is 11.6. The lowest BCUT2D eigenvalue weighted by molar-refractivity contribution is 0.101. The molecule has 1 rings (SSSR count). The fraction of sp³-hybridized carbons (Fsp3) is 0.333. The van der Waals surface area contributed by atoms with Gasteiger partial charge in [0.25, 0.3) is 0 Å². The number of carbonyl (C=O) groups is 1. The van der Waals surface area contributed by atoms with Crippen LogP contribution in [0.4, 0.5) is 5.69 Å². The van der Waals surface area contributed by atoms with E-state index in [4.69, 9.17) is 5.26 Å². The molecular weight excluding hydrogens is 224 g/mol. The number of Topliss-reactive ketones (excluding diaryl/α,β-unsaturated/α-hetero) is 1. The van der Waals surface area contributed by atoms with Crippen molar-refractivity contribution in [1.29, 1.82) is 5.26 Å². The fourth-order valence-electron chi connectivity index (χ4n) is 1.90. The van der Waals surface area contributed by atoms with Crippen LogP contribution in [0.25, 0.3) is 0 Å². The number of nitriles is 1. The normalized spacial score (nSPS) is 9.61. The van der Waals surface area contributed by atoms with E-state index < -0.39 is 0 Å². The Balaban J connectivity index is 3.27. The number of benzene rings is 1. The Bertz CT molecular complexity index is 486. The number of rotatable bonds is 6. The molecule has 0 bridgehead atoms. The number of hydrogen-bond acceptors (Lipinski definition) is 3. The van der Waals surface area contributed by atoms with Crippen LogP contribution in [-0.2, 0) is 0 Å². The van der Waals surface area contributed by atoms with E-state index in [9.17, 15) is 4.79 Å². The smallest absolute Gasteiger partial charge is 0.161 e. The molecule has 94 valence electrons. The van der Waals surface area contributed by atoms with Crippen molar-refractivity contribution in [2.24, 2.45) is 0 Å². The van der Waals surface area contributed by atoms with Crippen molar-refractivity contribution in [2.75, 3.05) is 18.0 Å². The predicted octanol–water partition coefficient (Wildman–Crippen LogP) is 3.16. The summed E-state index contributed by atoms with van der Waals surface area (Å²) in [7, 11) is 0. The van der Waals surface area contributed by atoms with Crippen molar-refractivity contribution >= 4 is 11.5 Å². The molecule has 1 aromatic carbocycles. The lowest BCUT2D eigenvalue weighted by Crippen LogP contribution is -2.25. The Labute approximate surface area is 108 Å². The van der Waals surface area contributed by atoms with E-state index in [1.807, 2.05) is 0 Å². The van der Waals surface area contributed by atoms with Crippen LogP contribution in [-0.4, -0.2) is 18.9 Å². The summed E-state index contributed by atoms with van der Waals surface area (Å²) < 4.78 is 0. The van der Waals surface area contributed by atoms with Gasteiger partial charge in [0.2, 0.25) is 0 Å². The predicted molar refractivity (Wildman–Crippen MR) is 73.9 cm³/mol. The maximum Gasteiger partial charge on any atom is 0.161 e. The first-order valence-corrected chi connectivity index (χ1v) is 6.05. The molecule has 0 radical (unpaired) electrons. The zero-order chi connectivity index (χ0) is 13.5. The van der Waals surface area contributed by atoms with Crippen molar-refractivity contribution in [2.45, 2.75) is 20.3 Å². The minimum atomic E-state index is 0.0136. The number of nitrogens with zero attached hydrogens (tertiary/aromatic N) is 2. The van der Waals surface area contributed by atoms with E-state index in [0.29, 0.717) is 17.7 Å². The highest BCUT2D eigenvalue weighted by atomic mass is 16.1. The Morgan fingerprint density at radius 1 is 1.56 bits per heavy atom. The molecule has 0 N–H and O–H groups in total. The molecule has 3 heteroatoms. The van der Waals surface area contributed by atoms with Gasteiger partial charge in [-0.2, -0.15) is 5.26 Å². The lowest BCUT2D eigenvalue weighted by Gasteiger charge is -2.25. The summed E-state index contributed by atoms with van der Waals surface area (Å²) in [5.41, 5.74) is 2.05. The zero-order valence-electron chi connectivity index (χ0n) is 10.9. The Hall–Kier alpha value is -2.08. The van der Waals surface area contributed by atoms with Gasteiger partial charge in [-0.15, -0.1) is 6.58 Å². The van der Waals surface area contributed by atoms with Crippen LogP contribution < -0.4 is 4.90 Å². The van der Waals surface area contributed by atoms with E-state index >= 15 is 0 Å². The number of anilines is 1. The van der Waals surface area contributed by atoms with Gasteiger partial charge in [-0.3, -0.25) is 4.79 Å². The largest absolute Gasteiger partial charge is 0.367 e. The highest BCUT2D eigenvalue weighted by molar-refractivity contribution is 6.00. The van der Waals surface area contributed by atoms with Gasteiger partial charge in [0.1, 0.15) is 0 Å². The van der Waals surface area contributed by atoms with Crippen molar-refractivity contribution in [3.63, 3.8) is 0 Å². The minimum Gasteiger partial charge on any atom is -0.367 e. The Morgan fingerprint density at radius 2 is 2.28 bits per heavy atom. The molecule has 0 aromatic heterocycles. The van der Waals surface area contributed by atoms with Gasteiger partial charge in [0, 0.05) is 24.3 Å². The summed E-state index contributed by atoms with van der Waals surface area (Å²) >= 11 is 0. The van der Waals surface area contributed by atoms with Crippen LogP contribution >= 0.6 is 0 Å². The minimum absolute atomic E-state index is 0.0136. The van der Waals surface area contributed by atoms with E-state index in [-0.39, 0.29) is 5.78 Å². The van der Waals surface area contributed by atoms with Gasteiger partial charge in [-0.05, 0) is 31.5 Å². The number of carbonyl (C=O) groups excluding carboxylic acids is 1. The second-order valence-electron chi connectivity index (χ2n) is 4.13. The lowest BCUT2D eigenvalue weighted by atomic mass is 10.0. The van der Waals surface area contributed by atoms with Crippen LogP contribution in [0.2, 0.25) is 0 Å². The average Bonchev–Trinajstić information content (AvgIpc) is 2.37. The molecule has 0 atom stereocenters. The first kappa shape index (κ1) is 14.0. The molecule has 0 aliphatic rings. The summed E-state index contributed by atoms with van der Waals surface area (Å²) in [5.74, 6) is 0.0136. The first-order chi connectivity index (χ1) is 8.63. The monoisotopic (exact) mass is 242 g/mol.